The van der Waals surface area contributed by atoms with Gasteiger partial charge in [-0.2, -0.15) is 4.98 Å². The summed E-state index contributed by atoms with van der Waals surface area (Å²) in [4.78, 5) is 10.4. The summed E-state index contributed by atoms with van der Waals surface area (Å²) in [7, 11) is 3.83. The van der Waals surface area contributed by atoms with Crippen molar-refractivity contribution in [2.24, 2.45) is 5.73 Å². The highest BCUT2D eigenvalue weighted by Gasteiger charge is 1.99. The second-order valence-electron chi connectivity index (χ2n) is 3.82. The SMILES string of the molecule is CN(C)c1nccc(NCCCOCCN)n1. The smallest absolute Gasteiger partial charge is 0.226 e. The molecule has 6 heteroatoms. The Kier molecular flexibility index (Phi) is 6.27. The van der Waals surface area contributed by atoms with E-state index in [-0.39, 0.29) is 0 Å². The van der Waals surface area contributed by atoms with E-state index < -0.39 is 0 Å². The van der Waals surface area contributed by atoms with Crippen LogP contribution < -0.4 is 16.0 Å². The maximum atomic E-state index is 5.32. The molecular weight excluding hydrogens is 218 g/mol. The third kappa shape index (κ3) is 5.46. The van der Waals surface area contributed by atoms with Crippen LogP contribution in [0.1, 0.15) is 6.42 Å². The van der Waals surface area contributed by atoms with Crippen molar-refractivity contribution in [3.63, 3.8) is 0 Å². The first kappa shape index (κ1) is 13.7. The molecule has 0 aliphatic carbocycles. The Balaban J connectivity index is 2.24. The van der Waals surface area contributed by atoms with E-state index in [1.54, 1.807) is 6.20 Å². The molecule has 96 valence electrons. The van der Waals surface area contributed by atoms with Gasteiger partial charge in [0.25, 0.3) is 0 Å². The van der Waals surface area contributed by atoms with Crippen LogP contribution in [0.4, 0.5) is 11.8 Å². The van der Waals surface area contributed by atoms with Crippen molar-refractivity contribution in [1.82, 2.24) is 9.97 Å². The van der Waals surface area contributed by atoms with Crippen molar-refractivity contribution in [3.8, 4) is 0 Å². The topological polar surface area (TPSA) is 76.3 Å². The Hall–Kier alpha value is -1.40. The van der Waals surface area contributed by atoms with Crippen LogP contribution in [0.15, 0.2) is 12.3 Å². The fourth-order valence-corrected chi connectivity index (χ4v) is 1.24. The van der Waals surface area contributed by atoms with Crippen molar-refractivity contribution in [2.45, 2.75) is 6.42 Å². The summed E-state index contributed by atoms with van der Waals surface area (Å²) in [5.41, 5.74) is 5.32. The fourth-order valence-electron chi connectivity index (χ4n) is 1.24. The lowest BCUT2D eigenvalue weighted by atomic mass is 10.4. The lowest BCUT2D eigenvalue weighted by molar-refractivity contribution is 0.141. The summed E-state index contributed by atoms with van der Waals surface area (Å²) in [5.74, 6) is 1.54. The van der Waals surface area contributed by atoms with Gasteiger partial charge < -0.3 is 20.7 Å². The Morgan fingerprint density at radius 2 is 2.24 bits per heavy atom. The zero-order chi connectivity index (χ0) is 12.5. The molecule has 0 atom stereocenters. The van der Waals surface area contributed by atoms with Crippen molar-refractivity contribution >= 4 is 11.8 Å². The average Bonchev–Trinajstić information content (AvgIpc) is 2.34. The monoisotopic (exact) mass is 239 g/mol. The number of anilines is 2. The van der Waals surface area contributed by atoms with Crippen LogP contribution in [0.5, 0.6) is 0 Å². The molecule has 0 spiro atoms. The number of nitrogens with two attached hydrogens (primary N) is 1. The van der Waals surface area contributed by atoms with E-state index in [1.165, 1.54) is 0 Å². The Morgan fingerprint density at radius 3 is 2.94 bits per heavy atom. The van der Waals surface area contributed by atoms with Crippen molar-refractivity contribution in [3.05, 3.63) is 12.3 Å². The second kappa shape index (κ2) is 7.81. The van der Waals surface area contributed by atoms with Gasteiger partial charge in [0.15, 0.2) is 0 Å². The van der Waals surface area contributed by atoms with Crippen LogP contribution >= 0.6 is 0 Å². The minimum atomic E-state index is 0.575. The highest BCUT2D eigenvalue weighted by Crippen LogP contribution is 2.07. The predicted molar refractivity (Wildman–Crippen MR) is 69.3 cm³/mol. The second-order valence-corrected chi connectivity index (χ2v) is 3.82. The van der Waals surface area contributed by atoms with E-state index in [0.29, 0.717) is 19.1 Å². The van der Waals surface area contributed by atoms with E-state index in [0.717, 1.165) is 25.4 Å². The van der Waals surface area contributed by atoms with E-state index >= 15 is 0 Å². The first-order valence-corrected chi connectivity index (χ1v) is 5.76. The Morgan fingerprint density at radius 1 is 1.41 bits per heavy atom. The van der Waals surface area contributed by atoms with Gasteiger partial charge in [-0.15, -0.1) is 0 Å². The third-order valence-corrected chi connectivity index (χ3v) is 2.08. The van der Waals surface area contributed by atoms with Crippen LogP contribution in [0.3, 0.4) is 0 Å². The Bertz CT molecular complexity index is 318. The molecule has 6 nitrogen and oxygen atoms in total. The minimum Gasteiger partial charge on any atom is -0.380 e. The average molecular weight is 239 g/mol. The normalized spacial score (nSPS) is 10.3. The molecule has 1 aromatic heterocycles. The number of nitrogens with zero attached hydrogens (tertiary/aromatic N) is 3. The summed E-state index contributed by atoms with van der Waals surface area (Å²) < 4.78 is 5.28. The number of rotatable bonds is 8. The highest BCUT2D eigenvalue weighted by atomic mass is 16.5. The molecule has 1 rings (SSSR count). The van der Waals surface area contributed by atoms with E-state index in [4.69, 9.17) is 10.5 Å². The van der Waals surface area contributed by atoms with Gasteiger partial charge in [0, 0.05) is 40.0 Å². The van der Waals surface area contributed by atoms with Crippen LogP contribution in [0.2, 0.25) is 0 Å². The molecule has 0 aliphatic heterocycles. The largest absolute Gasteiger partial charge is 0.380 e. The quantitative estimate of drug-likeness (QED) is 0.636. The first-order valence-electron chi connectivity index (χ1n) is 5.76. The Labute approximate surface area is 102 Å². The molecule has 0 bridgehead atoms. The van der Waals surface area contributed by atoms with Gasteiger partial charge in [-0.1, -0.05) is 0 Å². The zero-order valence-electron chi connectivity index (χ0n) is 10.5. The molecule has 0 unspecified atom stereocenters. The molecule has 17 heavy (non-hydrogen) atoms. The van der Waals surface area contributed by atoms with E-state index in [1.807, 2.05) is 25.1 Å². The molecule has 0 fully saturated rings. The number of aromatic nitrogens is 2. The van der Waals surface area contributed by atoms with Crippen LogP contribution in [-0.4, -0.2) is 50.4 Å². The van der Waals surface area contributed by atoms with Crippen molar-refractivity contribution in [1.29, 1.82) is 0 Å². The standard InChI is InChI=1S/C11H21N5O/c1-16(2)11-14-7-4-10(15-11)13-6-3-8-17-9-5-12/h4,7H,3,5-6,8-9,12H2,1-2H3,(H,13,14,15). The molecule has 1 heterocycles. The maximum Gasteiger partial charge on any atom is 0.226 e. The predicted octanol–water partition coefficient (Wildman–Crippen LogP) is 0.320. The molecular formula is C11H21N5O. The lowest BCUT2D eigenvalue weighted by Gasteiger charge is -2.11. The van der Waals surface area contributed by atoms with E-state index in [2.05, 4.69) is 15.3 Å². The highest BCUT2D eigenvalue weighted by molar-refractivity contribution is 5.40. The van der Waals surface area contributed by atoms with Crippen molar-refractivity contribution in [2.75, 3.05) is 50.6 Å². The first-order chi connectivity index (χ1) is 8.24. The number of hydrogen-bond acceptors (Lipinski definition) is 6. The fraction of sp³-hybridized carbons (Fsp3) is 0.636. The van der Waals surface area contributed by atoms with Gasteiger partial charge in [0.2, 0.25) is 5.95 Å². The summed E-state index contributed by atoms with van der Waals surface area (Å²) >= 11 is 0. The minimum absolute atomic E-state index is 0.575. The summed E-state index contributed by atoms with van der Waals surface area (Å²) in [6.45, 7) is 2.74. The summed E-state index contributed by atoms with van der Waals surface area (Å²) in [6, 6.07) is 1.85. The van der Waals surface area contributed by atoms with Gasteiger partial charge in [0.05, 0.1) is 6.61 Å². The van der Waals surface area contributed by atoms with Gasteiger partial charge in [0.1, 0.15) is 5.82 Å². The molecule has 0 amide bonds. The molecule has 3 N–H and O–H groups in total. The molecule has 0 saturated heterocycles. The molecule has 0 aliphatic rings. The third-order valence-electron chi connectivity index (χ3n) is 2.08. The van der Waals surface area contributed by atoms with Gasteiger partial charge >= 0.3 is 0 Å². The summed E-state index contributed by atoms with van der Waals surface area (Å²) in [5, 5.41) is 3.23. The molecule has 0 aromatic carbocycles. The van der Waals surface area contributed by atoms with Crippen LogP contribution in [-0.2, 0) is 4.74 Å². The molecule has 0 radical (unpaired) electrons. The van der Waals surface area contributed by atoms with Crippen molar-refractivity contribution < 1.29 is 4.74 Å². The lowest BCUT2D eigenvalue weighted by Crippen LogP contribution is -2.14. The van der Waals surface area contributed by atoms with Gasteiger partial charge in [-0.05, 0) is 12.5 Å². The molecule has 1 aromatic rings. The summed E-state index contributed by atoms with van der Waals surface area (Å²) in [6.07, 6.45) is 2.68. The van der Waals surface area contributed by atoms with Crippen LogP contribution in [0, 0.1) is 0 Å². The maximum absolute atomic E-state index is 5.32. The number of nitrogens with one attached hydrogen (secondary N) is 1. The molecule has 0 saturated carbocycles. The van der Waals surface area contributed by atoms with Gasteiger partial charge in [-0.25, -0.2) is 4.98 Å². The van der Waals surface area contributed by atoms with Gasteiger partial charge in [-0.3, -0.25) is 0 Å². The number of hydrogen-bond donors (Lipinski definition) is 2. The zero-order valence-corrected chi connectivity index (χ0v) is 10.5. The van der Waals surface area contributed by atoms with Crippen LogP contribution in [0.25, 0.3) is 0 Å². The number of ether oxygens (including phenoxy) is 1. The van der Waals surface area contributed by atoms with E-state index in [9.17, 15) is 0 Å².